The summed E-state index contributed by atoms with van der Waals surface area (Å²) in [4.78, 5) is 10.9. The van der Waals surface area contributed by atoms with Crippen molar-refractivity contribution in [2.24, 2.45) is 5.84 Å². The molecule has 5 nitrogen and oxygen atoms in total. The van der Waals surface area contributed by atoms with Gasteiger partial charge in [-0.1, -0.05) is 0 Å². The van der Waals surface area contributed by atoms with E-state index in [9.17, 15) is 4.79 Å². The molecule has 0 aromatic heterocycles. The lowest BCUT2D eigenvalue weighted by Gasteiger charge is -2.17. The molecule has 1 fully saturated rings. The third-order valence-electron chi connectivity index (χ3n) is 1.59. The zero-order valence-electron chi connectivity index (χ0n) is 6.68. The number of ether oxygens (including phenoxy) is 1. The maximum atomic E-state index is 10.9. The lowest BCUT2D eigenvalue weighted by Crippen LogP contribution is -2.49. The quantitative estimate of drug-likeness (QED) is 0.252. The highest BCUT2D eigenvalue weighted by Gasteiger charge is 2.34. The predicted molar refractivity (Wildman–Crippen MR) is 39.3 cm³/mol. The van der Waals surface area contributed by atoms with E-state index < -0.39 is 5.72 Å². The number of nitrogens with one attached hydrogen (secondary N) is 2. The molecule has 1 aliphatic rings. The van der Waals surface area contributed by atoms with Crippen LogP contribution in [0.1, 0.15) is 13.8 Å². The zero-order valence-corrected chi connectivity index (χ0v) is 6.68. The summed E-state index contributed by atoms with van der Waals surface area (Å²) in [5.74, 6) is 4.71. The molecule has 1 heterocycles. The Morgan fingerprint density at radius 2 is 2.45 bits per heavy atom. The summed E-state index contributed by atoms with van der Waals surface area (Å²) in [6.07, 6.45) is 0. The lowest BCUT2D eigenvalue weighted by molar-refractivity contribution is -0.122. The van der Waals surface area contributed by atoms with Gasteiger partial charge >= 0.3 is 0 Å². The SMILES string of the molecule is CC1(C)N[C@H](C(=O)NN)CO1. The Morgan fingerprint density at radius 3 is 2.82 bits per heavy atom. The van der Waals surface area contributed by atoms with Crippen molar-refractivity contribution in [3.63, 3.8) is 0 Å². The van der Waals surface area contributed by atoms with Gasteiger partial charge in [0.2, 0.25) is 0 Å². The fourth-order valence-electron chi connectivity index (χ4n) is 1.04. The van der Waals surface area contributed by atoms with E-state index in [1.165, 1.54) is 0 Å². The van der Waals surface area contributed by atoms with E-state index in [0.717, 1.165) is 0 Å². The van der Waals surface area contributed by atoms with Gasteiger partial charge in [0.1, 0.15) is 11.8 Å². The molecule has 0 unspecified atom stereocenters. The highest BCUT2D eigenvalue weighted by Crippen LogP contribution is 2.13. The van der Waals surface area contributed by atoms with Crippen LogP contribution in [0.25, 0.3) is 0 Å². The second-order valence-corrected chi connectivity index (χ2v) is 3.03. The molecule has 0 aliphatic carbocycles. The molecule has 1 saturated heterocycles. The van der Waals surface area contributed by atoms with Crippen molar-refractivity contribution in [2.45, 2.75) is 25.6 Å². The molecule has 0 bridgehead atoms. The summed E-state index contributed by atoms with van der Waals surface area (Å²) < 4.78 is 5.25. The van der Waals surface area contributed by atoms with Gasteiger partial charge in [-0.05, 0) is 13.8 Å². The number of rotatable bonds is 1. The highest BCUT2D eigenvalue weighted by molar-refractivity contribution is 5.81. The molecule has 1 aliphatic heterocycles. The number of hydrogen-bond acceptors (Lipinski definition) is 4. The van der Waals surface area contributed by atoms with Crippen LogP contribution >= 0.6 is 0 Å². The van der Waals surface area contributed by atoms with E-state index in [2.05, 4.69) is 10.7 Å². The summed E-state index contributed by atoms with van der Waals surface area (Å²) in [6, 6.07) is -0.324. The van der Waals surface area contributed by atoms with Crippen LogP contribution in [0, 0.1) is 0 Å². The summed E-state index contributed by atoms with van der Waals surface area (Å²) in [7, 11) is 0. The standard InChI is InChI=1S/C6H13N3O2/c1-6(2)8-4(3-11-6)5(10)9-7/h4,8H,3,7H2,1-2H3,(H,9,10)/t4-/m0/s1. The summed E-state index contributed by atoms with van der Waals surface area (Å²) in [5.41, 5.74) is 1.64. The van der Waals surface area contributed by atoms with Crippen molar-refractivity contribution in [2.75, 3.05) is 6.61 Å². The summed E-state index contributed by atoms with van der Waals surface area (Å²) in [5, 5.41) is 2.97. The molecule has 64 valence electrons. The van der Waals surface area contributed by atoms with Crippen molar-refractivity contribution in [1.82, 2.24) is 10.7 Å². The van der Waals surface area contributed by atoms with Crippen LogP contribution in [-0.4, -0.2) is 24.3 Å². The molecular weight excluding hydrogens is 146 g/mol. The Hall–Kier alpha value is -0.650. The van der Waals surface area contributed by atoms with Crippen LogP contribution in [0.2, 0.25) is 0 Å². The first-order valence-corrected chi connectivity index (χ1v) is 3.47. The normalized spacial score (nSPS) is 28.5. The minimum atomic E-state index is -0.419. The Balaban J connectivity index is 2.48. The van der Waals surface area contributed by atoms with Crippen LogP contribution in [0.4, 0.5) is 0 Å². The van der Waals surface area contributed by atoms with Crippen LogP contribution < -0.4 is 16.6 Å². The van der Waals surface area contributed by atoms with E-state index >= 15 is 0 Å². The molecule has 11 heavy (non-hydrogen) atoms. The Bertz CT molecular complexity index is 169. The fourth-order valence-corrected chi connectivity index (χ4v) is 1.04. The Labute approximate surface area is 65.2 Å². The van der Waals surface area contributed by atoms with Crippen LogP contribution in [-0.2, 0) is 9.53 Å². The third kappa shape index (κ3) is 1.89. The summed E-state index contributed by atoms with van der Waals surface area (Å²) >= 11 is 0. The number of nitrogens with two attached hydrogens (primary N) is 1. The second kappa shape index (κ2) is 2.77. The van der Waals surface area contributed by atoms with E-state index in [1.807, 2.05) is 13.8 Å². The van der Waals surface area contributed by atoms with Gasteiger partial charge in [-0.2, -0.15) is 0 Å². The largest absolute Gasteiger partial charge is 0.359 e. The topological polar surface area (TPSA) is 76.4 Å². The van der Waals surface area contributed by atoms with Crippen molar-refractivity contribution >= 4 is 5.91 Å². The molecule has 5 heteroatoms. The Morgan fingerprint density at radius 1 is 1.82 bits per heavy atom. The first kappa shape index (κ1) is 8.45. The van der Waals surface area contributed by atoms with Gasteiger partial charge in [0.25, 0.3) is 5.91 Å². The van der Waals surface area contributed by atoms with Crippen molar-refractivity contribution in [3.05, 3.63) is 0 Å². The van der Waals surface area contributed by atoms with Gasteiger partial charge < -0.3 is 4.74 Å². The fraction of sp³-hybridized carbons (Fsp3) is 0.833. The van der Waals surface area contributed by atoms with Crippen LogP contribution in [0.15, 0.2) is 0 Å². The van der Waals surface area contributed by atoms with E-state index in [1.54, 1.807) is 0 Å². The van der Waals surface area contributed by atoms with E-state index in [4.69, 9.17) is 10.6 Å². The zero-order chi connectivity index (χ0) is 8.48. The van der Waals surface area contributed by atoms with Crippen molar-refractivity contribution < 1.29 is 9.53 Å². The van der Waals surface area contributed by atoms with Crippen molar-refractivity contribution in [3.8, 4) is 0 Å². The van der Waals surface area contributed by atoms with Gasteiger partial charge in [-0.25, -0.2) is 5.84 Å². The number of hydrogen-bond donors (Lipinski definition) is 3. The number of carbonyl (C=O) groups excluding carboxylic acids is 1. The molecule has 0 spiro atoms. The molecule has 0 aromatic carbocycles. The molecule has 0 radical (unpaired) electrons. The first-order chi connectivity index (χ1) is 5.05. The van der Waals surface area contributed by atoms with Gasteiger partial charge in [0, 0.05) is 0 Å². The summed E-state index contributed by atoms with van der Waals surface area (Å²) in [6.45, 7) is 4.09. The highest BCUT2D eigenvalue weighted by atomic mass is 16.5. The Kier molecular flexibility index (Phi) is 2.12. The van der Waals surface area contributed by atoms with Gasteiger partial charge in [0.15, 0.2) is 0 Å². The average Bonchev–Trinajstić information content (AvgIpc) is 2.29. The molecular formula is C6H13N3O2. The minimum absolute atomic E-state index is 0.240. The lowest BCUT2D eigenvalue weighted by atomic mass is 10.3. The van der Waals surface area contributed by atoms with Gasteiger partial charge in [-0.15, -0.1) is 0 Å². The molecule has 1 amide bonds. The molecule has 0 aromatic rings. The van der Waals surface area contributed by atoms with Crippen molar-refractivity contribution in [1.29, 1.82) is 0 Å². The average molecular weight is 159 g/mol. The number of amides is 1. The first-order valence-electron chi connectivity index (χ1n) is 3.47. The molecule has 4 N–H and O–H groups in total. The van der Waals surface area contributed by atoms with Crippen LogP contribution in [0.5, 0.6) is 0 Å². The van der Waals surface area contributed by atoms with Gasteiger partial charge in [0.05, 0.1) is 6.61 Å². The number of hydrazine groups is 1. The smallest absolute Gasteiger partial charge is 0.253 e. The minimum Gasteiger partial charge on any atom is -0.359 e. The monoisotopic (exact) mass is 159 g/mol. The van der Waals surface area contributed by atoms with E-state index in [0.29, 0.717) is 6.61 Å². The molecule has 1 atom stereocenters. The van der Waals surface area contributed by atoms with Crippen LogP contribution in [0.3, 0.4) is 0 Å². The van der Waals surface area contributed by atoms with E-state index in [-0.39, 0.29) is 11.9 Å². The maximum absolute atomic E-state index is 10.9. The van der Waals surface area contributed by atoms with Gasteiger partial charge in [-0.3, -0.25) is 15.5 Å². The molecule has 1 rings (SSSR count). The predicted octanol–water partition coefficient (Wildman–Crippen LogP) is -1.30. The molecule has 0 saturated carbocycles. The second-order valence-electron chi connectivity index (χ2n) is 3.03. The number of carbonyl (C=O) groups is 1. The third-order valence-corrected chi connectivity index (χ3v) is 1.59. The maximum Gasteiger partial charge on any atom is 0.253 e.